The van der Waals surface area contributed by atoms with E-state index in [4.69, 9.17) is 0 Å². The van der Waals surface area contributed by atoms with Crippen LogP contribution >= 0.6 is 0 Å². The molecule has 6 heteroatoms. The first-order chi connectivity index (χ1) is 7.52. The highest BCUT2D eigenvalue weighted by molar-refractivity contribution is 5.90. The number of halogens is 3. The Morgan fingerprint density at radius 2 is 2.00 bits per heavy atom. The third kappa shape index (κ3) is 2.00. The van der Waals surface area contributed by atoms with Crippen LogP contribution in [0.4, 0.5) is 13.2 Å². The standard InChI is InChI=1S/C10H7F3O3/c1-3-16-10(14)5-4-6(11)8(13)9(15-2)7(5)12/h3-4H,1H2,2H3. The molecule has 0 saturated carbocycles. The lowest BCUT2D eigenvalue weighted by Crippen LogP contribution is -2.08. The van der Waals surface area contributed by atoms with E-state index in [0.717, 1.165) is 13.4 Å². The van der Waals surface area contributed by atoms with Gasteiger partial charge in [0.1, 0.15) is 5.56 Å². The number of methoxy groups -OCH3 is 1. The van der Waals surface area contributed by atoms with Crippen LogP contribution < -0.4 is 4.74 Å². The Morgan fingerprint density at radius 1 is 1.38 bits per heavy atom. The van der Waals surface area contributed by atoms with E-state index in [-0.39, 0.29) is 0 Å². The summed E-state index contributed by atoms with van der Waals surface area (Å²) in [6.45, 7) is 3.07. The molecule has 0 aromatic heterocycles. The van der Waals surface area contributed by atoms with E-state index in [2.05, 4.69) is 16.1 Å². The second-order valence-corrected chi connectivity index (χ2v) is 2.64. The molecule has 0 aliphatic rings. The number of carbonyl (C=O) groups is 1. The second kappa shape index (κ2) is 4.69. The zero-order valence-corrected chi connectivity index (χ0v) is 8.22. The topological polar surface area (TPSA) is 35.5 Å². The van der Waals surface area contributed by atoms with Crippen molar-refractivity contribution in [3.05, 3.63) is 41.9 Å². The highest BCUT2D eigenvalue weighted by Crippen LogP contribution is 2.27. The molecule has 0 N–H and O–H groups in total. The largest absolute Gasteiger partial charge is 0.491 e. The van der Waals surface area contributed by atoms with Crippen LogP contribution in [0.3, 0.4) is 0 Å². The number of hydrogen-bond acceptors (Lipinski definition) is 3. The van der Waals surface area contributed by atoms with Gasteiger partial charge in [0.25, 0.3) is 0 Å². The molecule has 86 valence electrons. The minimum Gasteiger partial charge on any atom is -0.491 e. The third-order valence-electron chi connectivity index (χ3n) is 1.73. The molecule has 0 atom stereocenters. The molecule has 0 aliphatic heterocycles. The van der Waals surface area contributed by atoms with Gasteiger partial charge in [-0.1, -0.05) is 6.58 Å². The molecule has 0 unspecified atom stereocenters. The van der Waals surface area contributed by atoms with Gasteiger partial charge < -0.3 is 9.47 Å². The van der Waals surface area contributed by atoms with Crippen LogP contribution in [0.25, 0.3) is 0 Å². The maximum absolute atomic E-state index is 13.4. The maximum atomic E-state index is 13.4. The highest BCUT2D eigenvalue weighted by atomic mass is 19.2. The first-order valence-electron chi connectivity index (χ1n) is 4.06. The first-order valence-corrected chi connectivity index (χ1v) is 4.06. The molecule has 0 bridgehead atoms. The van der Waals surface area contributed by atoms with E-state index in [1.165, 1.54) is 0 Å². The molecular formula is C10H7F3O3. The van der Waals surface area contributed by atoms with Crippen molar-refractivity contribution in [1.29, 1.82) is 0 Å². The van der Waals surface area contributed by atoms with E-state index in [0.29, 0.717) is 6.07 Å². The van der Waals surface area contributed by atoms with Crippen LogP contribution in [0, 0.1) is 17.5 Å². The molecule has 0 radical (unpaired) electrons. The minimum atomic E-state index is -1.50. The molecule has 16 heavy (non-hydrogen) atoms. The third-order valence-corrected chi connectivity index (χ3v) is 1.73. The van der Waals surface area contributed by atoms with Gasteiger partial charge in [0, 0.05) is 0 Å². The molecule has 0 amide bonds. The van der Waals surface area contributed by atoms with Gasteiger partial charge in [-0.2, -0.15) is 4.39 Å². The molecule has 1 aromatic carbocycles. The summed E-state index contributed by atoms with van der Waals surface area (Å²) in [7, 11) is 0.948. The van der Waals surface area contributed by atoms with Crippen molar-refractivity contribution in [1.82, 2.24) is 0 Å². The van der Waals surface area contributed by atoms with E-state index >= 15 is 0 Å². The zero-order valence-electron chi connectivity index (χ0n) is 8.22. The van der Waals surface area contributed by atoms with Crippen LogP contribution in [0.2, 0.25) is 0 Å². The van der Waals surface area contributed by atoms with Gasteiger partial charge >= 0.3 is 5.97 Å². The van der Waals surface area contributed by atoms with Crippen molar-refractivity contribution in [2.45, 2.75) is 0 Å². The number of hydrogen-bond donors (Lipinski definition) is 0. The van der Waals surface area contributed by atoms with Gasteiger partial charge in [0.15, 0.2) is 17.4 Å². The maximum Gasteiger partial charge on any atom is 0.346 e. The molecule has 0 fully saturated rings. The van der Waals surface area contributed by atoms with Crippen molar-refractivity contribution >= 4 is 5.97 Å². The van der Waals surface area contributed by atoms with Crippen molar-refractivity contribution in [3.63, 3.8) is 0 Å². The summed E-state index contributed by atoms with van der Waals surface area (Å²) in [5, 5.41) is 0. The molecule has 0 aliphatic carbocycles. The number of rotatable bonds is 3. The predicted octanol–water partition coefficient (Wildman–Crippen LogP) is 2.41. The molecular weight excluding hydrogens is 225 g/mol. The van der Waals surface area contributed by atoms with Gasteiger partial charge in [-0.25, -0.2) is 13.6 Å². The first kappa shape index (κ1) is 12.1. The van der Waals surface area contributed by atoms with Gasteiger partial charge in [-0.15, -0.1) is 0 Å². The average molecular weight is 232 g/mol. The molecule has 0 heterocycles. The van der Waals surface area contributed by atoms with Crippen molar-refractivity contribution < 1.29 is 27.4 Å². The van der Waals surface area contributed by atoms with Crippen LogP contribution in [-0.4, -0.2) is 13.1 Å². The second-order valence-electron chi connectivity index (χ2n) is 2.64. The normalized spacial score (nSPS) is 9.75. The monoisotopic (exact) mass is 232 g/mol. The molecule has 0 spiro atoms. The van der Waals surface area contributed by atoms with Gasteiger partial charge in [0.2, 0.25) is 5.82 Å². The van der Waals surface area contributed by atoms with Crippen LogP contribution in [0.5, 0.6) is 5.75 Å². The summed E-state index contributed by atoms with van der Waals surface area (Å²) < 4.78 is 47.9. The van der Waals surface area contributed by atoms with Gasteiger partial charge in [-0.3, -0.25) is 0 Å². The summed E-state index contributed by atoms with van der Waals surface area (Å²) >= 11 is 0. The van der Waals surface area contributed by atoms with Crippen molar-refractivity contribution in [3.8, 4) is 5.75 Å². The molecule has 1 rings (SSSR count). The van der Waals surface area contributed by atoms with Crippen molar-refractivity contribution in [2.24, 2.45) is 0 Å². The molecule has 1 aromatic rings. The number of benzene rings is 1. The van der Waals surface area contributed by atoms with E-state index in [1.54, 1.807) is 0 Å². The Labute approximate surface area is 89.1 Å². The molecule has 0 saturated heterocycles. The van der Waals surface area contributed by atoms with Crippen molar-refractivity contribution in [2.75, 3.05) is 7.11 Å². The van der Waals surface area contributed by atoms with Crippen LogP contribution in [0.15, 0.2) is 18.9 Å². The lowest BCUT2D eigenvalue weighted by molar-refractivity contribution is 0.0657. The summed E-state index contributed by atoms with van der Waals surface area (Å²) in [5.41, 5.74) is -0.768. The van der Waals surface area contributed by atoms with Gasteiger partial charge in [0.05, 0.1) is 13.4 Å². The number of esters is 1. The smallest absolute Gasteiger partial charge is 0.346 e. The summed E-state index contributed by atoms with van der Waals surface area (Å²) in [6, 6.07) is 0.388. The van der Waals surface area contributed by atoms with E-state index in [9.17, 15) is 18.0 Å². The Kier molecular flexibility index (Phi) is 3.55. The van der Waals surface area contributed by atoms with Gasteiger partial charge in [-0.05, 0) is 6.07 Å². The van der Waals surface area contributed by atoms with Crippen LogP contribution in [-0.2, 0) is 4.74 Å². The zero-order chi connectivity index (χ0) is 12.3. The predicted molar refractivity (Wildman–Crippen MR) is 48.5 cm³/mol. The summed E-state index contributed by atoms with van der Waals surface area (Å²) in [4.78, 5) is 11.1. The van der Waals surface area contributed by atoms with Crippen LogP contribution in [0.1, 0.15) is 10.4 Å². The SMILES string of the molecule is C=COC(=O)c1cc(F)c(F)c(OC)c1F. The van der Waals surface area contributed by atoms with E-state index in [1.807, 2.05) is 0 Å². The Bertz CT molecular complexity index is 443. The Balaban J connectivity index is 3.36. The molecule has 3 nitrogen and oxygen atoms in total. The fourth-order valence-electron chi connectivity index (χ4n) is 1.05. The summed E-state index contributed by atoms with van der Waals surface area (Å²) in [6.07, 6.45) is 0.746. The summed E-state index contributed by atoms with van der Waals surface area (Å²) in [5.74, 6) is -6.40. The lowest BCUT2D eigenvalue weighted by Gasteiger charge is -2.07. The minimum absolute atomic E-state index is 0.388. The Hall–Kier alpha value is -1.98. The highest BCUT2D eigenvalue weighted by Gasteiger charge is 2.24. The Morgan fingerprint density at radius 3 is 2.50 bits per heavy atom. The number of carbonyl (C=O) groups excluding carboxylic acids is 1. The number of ether oxygens (including phenoxy) is 2. The van der Waals surface area contributed by atoms with E-state index < -0.39 is 34.7 Å². The fraction of sp³-hybridized carbons (Fsp3) is 0.100. The quantitative estimate of drug-likeness (QED) is 0.456. The average Bonchev–Trinajstić information content (AvgIpc) is 2.24. The fourth-order valence-corrected chi connectivity index (χ4v) is 1.05. The lowest BCUT2D eigenvalue weighted by atomic mass is 10.2.